The van der Waals surface area contributed by atoms with Crippen LogP contribution in [0.25, 0.3) is 0 Å². The Bertz CT molecular complexity index is 1240. The maximum Gasteiger partial charge on any atom is 0.317 e. The molecule has 0 bridgehead atoms. The number of ketones is 1. The highest BCUT2D eigenvalue weighted by molar-refractivity contribution is 5.91. The number of nitrogens with one attached hydrogen (secondary N) is 4. The quantitative estimate of drug-likeness (QED) is 0.0749. The lowest BCUT2D eigenvalue weighted by Gasteiger charge is -2.39. The fourth-order valence-corrected chi connectivity index (χ4v) is 6.28. The summed E-state index contributed by atoms with van der Waals surface area (Å²) in [6, 6.07) is -1.92. The lowest BCUT2D eigenvalue weighted by Crippen LogP contribution is -2.57. The molecule has 0 saturated carbocycles. The summed E-state index contributed by atoms with van der Waals surface area (Å²) in [4.78, 5) is 90.6. The molecular weight excluding hydrogens is 720 g/mol. The van der Waals surface area contributed by atoms with Gasteiger partial charge in [-0.15, -0.1) is 0 Å². The summed E-state index contributed by atoms with van der Waals surface area (Å²) >= 11 is 0. The van der Waals surface area contributed by atoms with Gasteiger partial charge < -0.3 is 51.0 Å². The number of amides is 3. The van der Waals surface area contributed by atoms with Crippen LogP contribution in [-0.2, 0) is 43.0 Å². The minimum absolute atomic E-state index is 0.00293. The summed E-state index contributed by atoms with van der Waals surface area (Å²) in [5.41, 5.74) is 0. The Morgan fingerprint density at radius 3 is 1.87 bits per heavy atom. The molecule has 0 aliphatic carbocycles. The van der Waals surface area contributed by atoms with Gasteiger partial charge in [-0.1, -0.05) is 0 Å². The zero-order valence-electron chi connectivity index (χ0n) is 30.2. The molecule has 3 aliphatic heterocycles. The number of nitrogens with zero attached hydrogens (tertiary/aromatic N) is 4. The predicted octanol–water partition coefficient (Wildman–Crippen LogP) is -5.81. The molecule has 5 atom stereocenters. The molecule has 0 spiro atoms. The van der Waals surface area contributed by atoms with E-state index in [9.17, 15) is 59.1 Å². The van der Waals surface area contributed by atoms with E-state index in [4.69, 9.17) is 9.47 Å². The van der Waals surface area contributed by atoms with Crippen LogP contribution in [0.5, 0.6) is 0 Å². The normalized spacial score (nSPS) is 26.5. The first-order chi connectivity index (χ1) is 25.7. The molecule has 3 fully saturated rings. The first-order valence-corrected chi connectivity index (χ1v) is 17.9. The molecule has 3 heterocycles. The van der Waals surface area contributed by atoms with E-state index < -0.39 is 73.5 Å². The summed E-state index contributed by atoms with van der Waals surface area (Å²) in [6.07, 6.45) is -2.33. The molecule has 0 aromatic carbocycles. The number of carboxylic acids is 3. The topological polar surface area (TPSA) is 300 Å². The van der Waals surface area contributed by atoms with Crippen molar-refractivity contribution in [3.05, 3.63) is 0 Å². The van der Waals surface area contributed by atoms with Crippen LogP contribution in [0.3, 0.4) is 0 Å². The Morgan fingerprint density at radius 1 is 0.815 bits per heavy atom. The van der Waals surface area contributed by atoms with E-state index in [2.05, 4.69) is 21.3 Å². The monoisotopic (exact) mass is 774 g/mol. The number of carbonyl (C=O) groups excluding carboxylic acids is 4. The Balaban J connectivity index is 1.52. The van der Waals surface area contributed by atoms with Crippen LogP contribution in [0, 0.1) is 5.92 Å². The van der Waals surface area contributed by atoms with Gasteiger partial charge in [0.05, 0.1) is 58.0 Å². The first-order valence-electron chi connectivity index (χ1n) is 17.9. The Kier molecular flexibility index (Phi) is 19.1. The van der Waals surface area contributed by atoms with Gasteiger partial charge in [0.15, 0.2) is 18.4 Å². The molecule has 9 N–H and O–H groups in total. The standard InChI is InChI=1S/C32H54N8O14/c41-20-21-13-29(54-32(52)30(21)36-25(44)16-35-31(51)23-1-2-24(43)34-15-22(42)14-33-23)53-12-11-37-3-5-38(17-26(45)46)7-9-40(19-28(49)50)10-8-39(6-4-37)18-27(47)48/h21,23,29-30,32-33,41,52H,1-20H2,(H,34,43)(H,35,51)(H,36,44)(H,45,46)(H,47,48)(H,49,50). The fraction of sp³-hybridized carbons (Fsp3) is 0.781. The molecule has 0 radical (unpaired) electrons. The maximum absolute atomic E-state index is 12.7. The summed E-state index contributed by atoms with van der Waals surface area (Å²) in [5, 5.41) is 59.3. The molecule has 3 rings (SSSR count). The molecule has 0 aromatic rings. The van der Waals surface area contributed by atoms with Crippen LogP contribution in [0.15, 0.2) is 0 Å². The number of rotatable bonds is 15. The largest absolute Gasteiger partial charge is 0.480 e. The molecule has 5 unspecified atom stereocenters. The second-order valence-corrected chi connectivity index (χ2v) is 13.5. The molecule has 3 aliphatic rings. The van der Waals surface area contributed by atoms with Crippen LogP contribution in [0.2, 0.25) is 0 Å². The van der Waals surface area contributed by atoms with Crippen molar-refractivity contribution in [1.29, 1.82) is 0 Å². The van der Waals surface area contributed by atoms with E-state index >= 15 is 0 Å². The van der Waals surface area contributed by atoms with Crippen LogP contribution < -0.4 is 21.3 Å². The van der Waals surface area contributed by atoms with E-state index in [-0.39, 0.29) is 96.5 Å². The van der Waals surface area contributed by atoms with Gasteiger partial charge >= 0.3 is 17.9 Å². The van der Waals surface area contributed by atoms with Crippen molar-refractivity contribution in [1.82, 2.24) is 40.9 Å². The molecule has 54 heavy (non-hydrogen) atoms. The molecule has 22 nitrogen and oxygen atoms in total. The van der Waals surface area contributed by atoms with Gasteiger partial charge in [-0.2, -0.15) is 0 Å². The minimum Gasteiger partial charge on any atom is -0.480 e. The van der Waals surface area contributed by atoms with E-state index in [1.807, 2.05) is 4.90 Å². The van der Waals surface area contributed by atoms with E-state index in [0.29, 0.717) is 32.7 Å². The summed E-state index contributed by atoms with van der Waals surface area (Å²) < 4.78 is 11.5. The van der Waals surface area contributed by atoms with Crippen molar-refractivity contribution >= 4 is 41.4 Å². The summed E-state index contributed by atoms with van der Waals surface area (Å²) in [7, 11) is 0. The third-order valence-electron chi connectivity index (χ3n) is 9.31. The Labute approximate surface area is 312 Å². The summed E-state index contributed by atoms with van der Waals surface area (Å²) in [5.74, 6) is -5.74. The molecule has 306 valence electrons. The third kappa shape index (κ3) is 16.7. The average Bonchev–Trinajstić information content (AvgIpc) is 3.18. The van der Waals surface area contributed by atoms with Crippen LogP contribution >= 0.6 is 0 Å². The zero-order chi connectivity index (χ0) is 39.6. The van der Waals surface area contributed by atoms with E-state index in [0.717, 1.165) is 0 Å². The van der Waals surface area contributed by atoms with Gasteiger partial charge in [-0.05, 0) is 6.42 Å². The molecular formula is C32H54N8O14. The molecule has 0 aromatic heterocycles. The van der Waals surface area contributed by atoms with Crippen molar-refractivity contribution in [3.63, 3.8) is 0 Å². The van der Waals surface area contributed by atoms with Crippen molar-refractivity contribution in [2.45, 2.75) is 43.9 Å². The van der Waals surface area contributed by atoms with Crippen LogP contribution in [0.4, 0.5) is 0 Å². The number of carboxylic acid groups (broad SMARTS) is 3. The number of aliphatic hydroxyl groups is 2. The van der Waals surface area contributed by atoms with Gasteiger partial charge in [0.2, 0.25) is 17.7 Å². The van der Waals surface area contributed by atoms with Crippen LogP contribution in [0.1, 0.15) is 19.3 Å². The van der Waals surface area contributed by atoms with Gasteiger partial charge in [-0.25, -0.2) is 0 Å². The van der Waals surface area contributed by atoms with Gasteiger partial charge in [0, 0.05) is 84.3 Å². The SMILES string of the molecule is O=C(O)CN1CCN(CCOC2CC(CO)C(NC(=O)CNC(=O)C3CCC(=O)NCC(=O)CN3)C(O)O2)CCN(CC(=O)O)CCN(CC(=O)O)CC1. The Hall–Kier alpha value is -3.87. The molecule has 22 heteroatoms. The molecule has 3 saturated heterocycles. The van der Waals surface area contributed by atoms with Gasteiger partial charge in [0.1, 0.15) is 0 Å². The number of aliphatic carboxylic acids is 3. The number of ether oxygens (including phenoxy) is 2. The minimum atomic E-state index is -1.57. The highest BCUT2D eigenvalue weighted by atomic mass is 16.7. The smallest absolute Gasteiger partial charge is 0.317 e. The highest BCUT2D eigenvalue weighted by Crippen LogP contribution is 2.25. The maximum atomic E-state index is 12.7. The second kappa shape index (κ2) is 23.1. The number of hydrogen-bond donors (Lipinski definition) is 9. The Morgan fingerprint density at radius 2 is 1.35 bits per heavy atom. The lowest BCUT2D eigenvalue weighted by atomic mass is 9.93. The first kappa shape index (κ1) is 44.5. The van der Waals surface area contributed by atoms with Gasteiger partial charge in [-0.3, -0.25) is 58.5 Å². The van der Waals surface area contributed by atoms with Crippen molar-refractivity contribution < 1.29 is 68.6 Å². The number of carbonyl (C=O) groups is 7. The zero-order valence-corrected chi connectivity index (χ0v) is 30.2. The van der Waals surface area contributed by atoms with E-state index in [1.165, 1.54) is 0 Å². The number of hydrogen-bond acceptors (Lipinski definition) is 16. The van der Waals surface area contributed by atoms with E-state index in [1.54, 1.807) is 14.7 Å². The van der Waals surface area contributed by atoms with Crippen molar-refractivity contribution in [2.24, 2.45) is 5.92 Å². The third-order valence-corrected chi connectivity index (χ3v) is 9.31. The van der Waals surface area contributed by atoms with Gasteiger partial charge in [0.25, 0.3) is 0 Å². The highest BCUT2D eigenvalue weighted by Gasteiger charge is 2.39. The number of aliphatic hydroxyl groups excluding tert-OH is 2. The second-order valence-electron chi connectivity index (χ2n) is 13.5. The fourth-order valence-electron chi connectivity index (χ4n) is 6.28. The number of Topliss-reactive ketones (excluding diaryl/α,β-unsaturated/α-hetero) is 1. The molecule has 3 amide bonds. The van der Waals surface area contributed by atoms with Crippen molar-refractivity contribution in [2.75, 3.05) is 111 Å². The summed E-state index contributed by atoms with van der Waals surface area (Å²) in [6.45, 7) is 0.974. The predicted molar refractivity (Wildman–Crippen MR) is 185 cm³/mol. The van der Waals surface area contributed by atoms with Crippen LogP contribution in [-0.4, -0.2) is 223 Å². The van der Waals surface area contributed by atoms with Crippen molar-refractivity contribution in [3.8, 4) is 0 Å². The lowest BCUT2D eigenvalue weighted by molar-refractivity contribution is -0.275. The average molecular weight is 775 g/mol.